The number of rotatable bonds is 2. The zero-order valence-corrected chi connectivity index (χ0v) is 12.3. The molecule has 3 unspecified atom stereocenters. The van der Waals surface area contributed by atoms with Gasteiger partial charge in [0, 0.05) is 0 Å². The molecule has 4 rings (SSSR count). The fourth-order valence-corrected chi connectivity index (χ4v) is 4.06. The highest BCUT2D eigenvalue weighted by atomic mass is 16.5. The maximum absolute atomic E-state index is 12.3. The molecule has 5 nitrogen and oxygen atoms in total. The van der Waals surface area contributed by atoms with Crippen LogP contribution in [0, 0.1) is 11.8 Å². The summed E-state index contributed by atoms with van der Waals surface area (Å²) in [6.07, 6.45) is 7.12. The summed E-state index contributed by atoms with van der Waals surface area (Å²) in [5, 5.41) is 0. The molecule has 0 radical (unpaired) electrons. The zero-order valence-electron chi connectivity index (χ0n) is 12.3. The molecule has 22 heavy (non-hydrogen) atoms. The number of nitrogens with one attached hydrogen (secondary N) is 1. The Kier molecular flexibility index (Phi) is 3.28. The van der Waals surface area contributed by atoms with Crippen molar-refractivity contribution < 1.29 is 13.9 Å². The molecule has 1 aromatic heterocycles. The molecular formula is C17H19NO4. The molecule has 1 heterocycles. The Labute approximate surface area is 127 Å². The lowest BCUT2D eigenvalue weighted by atomic mass is 9.80. The maximum Gasteiger partial charge on any atom is 0.417 e. The third-order valence-corrected chi connectivity index (χ3v) is 5.17. The molecule has 116 valence electrons. The van der Waals surface area contributed by atoms with Crippen LogP contribution in [0.15, 0.2) is 27.4 Å². The number of oxazole rings is 1. The molecule has 2 aromatic rings. The van der Waals surface area contributed by atoms with E-state index in [1.165, 1.54) is 25.7 Å². The SMILES string of the molecule is O=C(OC1CCC2CCCC2C1)c1ccc2oc(=O)[nH]c2c1. The molecule has 2 saturated carbocycles. The molecule has 2 fully saturated rings. The smallest absolute Gasteiger partial charge is 0.417 e. The van der Waals surface area contributed by atoms with Gasteiger partial charge < -0.3 is 9.15 Å². The molecule has 0 amide bonds. The minimum absolute atomic E-state index is 0.0333. The minimum atomic E-state index is -0.514. The van der Waals surface area contributed by atoms with Crippen LogP contribution >= 0.6 is 0 Å². The standard InChI is InChI=1S/C17H19NO4/c19-16(12-5-7-15-14(9-12)18-17(20)22-15)21-13-6-4-10-2-1-3-11(10)8-13/h5,7,9-11,13H,1-4,6,8H2,(H,18,20). The Morgan fingerprint density at radius 1 is 1.18 bits per heavy atom. The average Bonchev–Trinajstić information content (AvgIpc) is 3.10. The molecular weight excluding hydrogens is 282 g/mol. The van der Waals surface area contributed by atoms with Crippen molar-refractivity contribution in [2.75, 3.05) is 0 Å². The zero-order chi connectivity index (χ0) is 15.1. The van der Waals surface area contributed by atoms with Gasteiger partial charge in [-0.25, -0.2) is 9.59 Å². The van der Waals surface area contributed by atoms with E-state index in [0.29, 0.717) is 16.7 Å². The van der Waals surface area contributed by atoms with E-state index in [1.54, 1.807) is 18.2 Å². The Hall–Kier alpha value is -2.04. The van der Waals surface area contributed by atoms with Crippen LogP contribution in [-0.2, 0) is 4.74 Å². The first-order valence-electron chi connectivity index (χ1n) is 8.03. The highest BCUT2D eigenvalue weighted by molar-refractivity contribution is 5.93. The van der Waals surface area contributed by atoms with Gasteiger partial charge in [-0.2, -0.15) is 0 Å². The third-order valence-electron chi connectivity index (χ3n) is 5.17. The van der Waals surface area contributed by atoms with Crippen molar-refractivity contribution in [3.63, 3.8) is 0 Å². The molecule has 1 aromatic carbocycles. The van der Waals surface area contributed by atoms with Crippen molar-refractivity contribution in [3.05, 3.63) is 34.3 Å². The van der Waals surface area contributed by atoms with Crippen LogP contribution in [0.3, 0.4) is 0 Å². The molecule has 0 aliphatic heterocycles. The molecule has 2 aliphatic rings. The van der Waals surface area contributed by atoms with Crippen molar-refractivity contribution in [2.24, 2.45) is 11.8 Å². The molecule has 0 saturated heterocycles. The quantitative estimate of drug-likeness (QED) is 0.864. The van der Waals surface area contributed by atoms with E-state index in [2.05, 4.69) is 4.98 Å². The number of fused-ring (bicyclic) bond motifs is 2. The van der Waals surface area contributed by atoms with Crippen molar-refractivity contribution in [1.82, 2.24) is 4.98 Å². The first-order valence-corrected chi connectivity index (χ1v) is 8.03. The number of hydrogen-bond acceptors (Lipinski definition) is 4. The normalized spacial score (nSPS) is 27.7. The maximum atomic E-state index is 12.3. The fourth-order valence-electron chi connectivity index (χ4n) is 4.06. The predicted octanol–water partition coefficient (Wildman–Crippen LogP) is 3.25. The number of aromatic nitrogens is 1. The highest BCUT2D eigenvalue weighted by Crippen LogP contribution is 2.42. The Morgan fingerprint density at radius 3 is 2.95 bits per heavy atom. The van der Waals surface area contributed by atoms with Gasteiger partial charge >= 0.3 is 11.7 Å². The lowest BCUT2D eigenvalue weighted by Gasteiger charge is -2.31. The number of esters is 1. The van der Waals surface area contributed by atoms with Crippen LogP contribution in [0.4, 0.5) is 0 Å². The van der Waals surface area contributed by atoms with E-state index in [0.717, 1.165) is 24.7 Å². The molecule has 3 atom stereocenters. The fraction of sp³-hybridized carbons (Fsp3) is 0.529. The summed E-state index contributed by atoms with van der Waals surface area (Å²) >= 11 is 0. The van der Waals surface area contributed by atoms with Gasteiger partial charge in [-0.05, 0) is 49.3 Å². The Bertz CT molecular complexity index is 759. The molecule has 2 aliphatic carbocycles. The largest absolute Gasteiger partial charge is 0.459 e. The summed E-state index contributed by atoms with van der Waals surface area (Å²) in [4.78, 5) is 26.0. The number of ether oxygens (including phenoxy) is 1. The van der Waals surface area contributed by atoms with Crippen molar-refractivity contribution in [1.29, 1.82) is 0 Å². The van der Waals surface area contributed by atoms with Crippen molar-refractivity contribution >= 4 is 17.1 Å². The van der Waals surface area contributed by atoms with Gasteiger partial charge in [-0.3, -0.25) is 4.98 Å². The van der Waals surface area contributed by atoms with Gasteiger partial charge in [0.05, 0.1) is 11.1 Å². The van der Waals surface area contributed by atoms with Crippen LogP contribution in [0.1, 0.15) is 48.9 Å². The van der Waals surface area contributed by atoms with E-state index >= 15 is 0 Å². The minimum Gasteiger partial charge on any atom is -0.459 e. The number of hydrogen-bond donors (Lipinski definition) is 1. The first kappa shape index (κ1) is 13.6. The number of benzene rings is 1. The summed E-state index contributed by atoms with van der Waals surface area (Å²) < 4.78 is 10.6. The lowest BCUT2D eigenvalue weighted by Crippen LogP contribution is -2.28. The Morgan fingerprint density at radius 2 is 2.05 bits per heavy atom. The van der Waals surface area contributed by atoms with Crippen LogP contribution in [0.25, 0.3) is 11.1 Å². The van der Waals surface area contributed by atoms with Gasteiger partial charge in [0.25, 0.3) is 0 Å². The van der Waals surface area contributed by atoms with Crippen LogP contribution in [0.5, 0.6) is 0 Å². The number of H-pyrrole nitrogens is 1. The second kappa shape index (κ2) is 5.30. The number of aromatic amines is 1. The molecule has 5 heteroatoms. The van der Waals surface area contributed by atoms with Gasteiger partial charge in [-0.1, -0.05) is 19.3 Å². The lowest BCUT2D eigenvalue weighted by molar-refractivity contribution is 0.00875. The van der Waals surface area contributed by atoms with Crippen LogP contribution < -0.4 is 5.76 Å². The molecule has 1 N–H and O–H groups in total. The first-order chi connectivity index (χ1) is 10.7. The third kappa shape index (κ3) is 2.45. The van der Waals surface area contributed by atoms with Gasteiger partial charge in [0.15, 0.2) is 5.58 Å². The second-order valence-corrected chi connectivity index (χ2v) is 6.52. The number of carbonyl (C=O) groups is 1. The van der Waals surface area contributed by atoms with E-state index < -0.39 is 5.76 Å². The van der Waals surface area contributed by atoms with Gasteiger partial charge in [0.1, 0.15) is 6.10 Å². The van der Waals surface area contributed by atoms with Gasteiger partial charge in [0.2, 0.25) is 0 Å². The van der Waals surface area contributed by atoms with Crippen molar-refractivity contribution in [2.45, 2.75) is 44.6 Å². The summed E-state index contributed by atoms with van der Waals surface area (Å²) in [5.41, 5.74) is 1.44. The monoisotopic (exact) mass is 301 g/mol. The summed E-state index contributed by atoms with van der Waals surface area (Å²) in [6, 6.07) is 4.88. The molecule has 0 spiro atoms. The van der Waals surface area contributed by atoms with Gasteiger partial charge in [-0.15, -0.1) is 0 Å². The Balaban J connectivity index is 1.47. The summed E-state index contributed by atoms with van der Waals surface area (Å²) in [6.45, 7) is 0. The topological polar surface area (TPSA) is 72.3 Å². The van der Waals surface area contributed by atoms with E-state index in [1.807, 2.05) is 0 Å². The number of carbonyl (C=O) groups excluding carboxylic acids is 1. The van der Waals surface area contributed by atoms with E-state index in [-0.39, 0.29) is 12.1 Å². The second-order valence-electron chi connectivity index (χ2n) is 6.52. The van der Waals surface area contributed by atoms with E-state index in [4.69, 9.17) is 9.15 Å². The van der Waals surface area contributed by atoms with Crippen LogP contribution in [0.2, 0.25) is 0 Å². The average molecular weight is 301 g/mol. The predicted molar refractivity (Wildman–Crippen MR) is 80.7 cm³/mol. The van der Waals surface area contributed by atoms with Crippen LogP contribution in [-0.4, -0.2) is 17.1 Å². The van der Waals surface area contributed by atoms with E-state index in [9.17, 15) is 9.59 Å². The summed E-state index contributed by atoms with van der Waals surface area (Å²) in [5.74, 6) is 0.757. The summed E-state index contributed by atoms with van der Waals surface area (Å²) in [7, 11) is 0. The molecule has 0 bridgehead atoms. The van der Waals surface area contributed by atoms with Crippen molar-refractivity contribution in [3.8, 4) is 0 Å². The highest BCUT2D eigenvalue weighted by Gasteiger charge is 2.35.